The molecule has 3 heterocycles. The van der Waals surface area contributed by atoms with E-state index < -0.39 is 23.5 Å². The van der Waals surface area contributed by atoms with Crippen molar-refractivity contribution in [1.82, 2.24) is 4.98 Å². The number of benzene rings is 2. The minimum atomic E-state index is -0.924. The molecule has 1 amide bonds. The Morgan fingerprint density at radius 1 is 1.09 bits per heavy atom. The van der Waals surface area contributed by atoms with Gasteiger partial charge >= 0.3 is 0 Å². The summed E-state index contributed by atoms with van der Waals surface area (Å²) in [5, 5.41) is 11.2. The molecule has 2 aromatic heterocycles. The summed E-state index contributed by atoms with van der Waals surface area (Å²) in [7, 11) is 0. The first-order valence-corrected chi connectivity index (χ1v) is 11.9. The summed E-state index contributed by atoms with van der Waals surface area (Å²) >= 11 is 1.27. The van der Waals surface area contributed by atoms with Gasteiger partial charge in [0.1, 0.15) is 11.5 Å². The first-order valence-electron chi connectivity index (χ1n) is 11.1. The molecule has 1 N–H and O–H groups in total. The van der Waals surface area contributed by atoms with E-state index in [0.29, 0.717) is 40.9 Å². The van der Waals surface area contributed by atoms with E-state index in [2.05, 4.69) is 4.98 Å². The fraction of sp³-hybridized carbons (Fsp3) is 0.192. The van der Waals surface area contributed by atoms with Crippen LogP contribution >= 0.6 is 11.3 Å². The summed E-state index contributed by atoms with van der Waals surface area (Å²) in [4.78, 5) is 32.7. The minimum Gasteiger partial charge on any atom is -0.503 e. The maximum atomic E-state index is 13.4. The molecule has 0 bridgehead atoms. The molecule has 4 aromatic rings. The van der Waals surface area contributed by atoms with Crippen LogP contribution in [-0.2, 0) is 4.79 Å². The molecule has 0 radical (unpaired) electrons. The number of ketones is 1. The van der Waals surface area contributed by atoms with Gasteiger partial charge in [-0.2, -0.15) is 0 Å². The summed E-state index contributed by atoms with van der Waals surface area (Å²) in [5.41, 5.74) is 1.19. The highest BCUT2D eigenvalue weighted by atomic mass is 32.1. The molecule has 2 aromatic carbocycles. The molecule has 0 saturated carbocycles. The summed E-state index contributed by atoms with van der Waals surface area (Å²) in [5.74, 6) is -0.617. The van der Waals surface area contributed by atoms with Crippen molar-refractivity contribution in [3.63, 3.8) is 0 Å². The van der Waals surface area contributed by atoms with Crippen LogP contribution in [0.2, 0.25) is 0 Å². The van der Waals surface area contributed by atoms with Crippen molar-refractivity contribution in [3.05, 3.63) is 83.5 Å². The van der Waals surface area contributed by atoms with Gasteiger partial charge in [-0.1, -0.05) is 23.5 Å². The number of nitrogens with zero attached hydrogens (tertiary/aromatic N) is 2. The zero-order valence-electron chi connectivity index (χ0n) is 19.1. The van der Waals surface area contributed by atoms with Crippen LogP contribution in [0, 0.1) is 0 Å². The first-order chi connectivity index (χ1) is 17.0. The quantitative estimate of drug-likeness (QED) is 0.327. The Hall–Kier alpha value is -4.11. The Balaban J connectivity index is 1.65. The van der Waals surface area contributed by atoms with E-state index in [9.17, 15) is 14.7 Å². The summed E-state index contributed by atoms with van der Waals surface area (Å²) < 4.78 is 17.3. The van der Waals surface area contributed by atoms with Crippen LogP contribution in [0.25, 0.3) is 10.2 Å². The fourth-order valence-electron chi connectivity index (χ4n) is 4.08. The standard InChI is InChI=1S/C26H22N2O6S/c1-3-32-16-8-5-7-15(13-16)22-21(23(29)19-9-6-12-34-19)24(30)25(31)28(22)26-27-18-11-10-17(33-4-2)14-20(18)35-26/h5-14,22,30H,3-4H2,1-2H3. The number of aliphatic hydroxyl groups excluding tert-OH is 1. The first kappa shape index (κ1) is 22.7. The molecule has 35 heavy (non-hydrogen) atoms. The van der Waals surface area contributed by atoms with Crippen LogP contribution in [0.3, 0.4) is 0 Å². The molecular formula is C26H22N2O6S. The maximum absolute atomic E-state index is 13.4. The van der Waals surface area contributed by atoms with E-state index in [1.807, 2.05) is 32.0 Å². The monoisotopic (exact) mass is 490 g/mol. The number of fused-ring (bicyclic) bond motifs is 1. The number of carbonyl (C=O) groups is 2. The van der Waals surface area contributed by atoms with E-state index in [1.54, 1.807) is 30.3 Å². The van der Waals surface area contributed by atoms with Crippen molar-refractivity contribution in [2.45, 2.75) is 19.9 Å². The molecule has 178 valence electrons. The second-order valence-corrected chi connectivity index (χ2v) is 8.72. The number of amides is 1. The van der Waals surface area contributed by atoms with Crippen LogP contribution in [0.5, 0.6) is 11.5 Å². The molecule has 0 spiro atoms. The summed E-state index contributed by atoms with van der Waals surface area (Å²) in [6.45, 7) is 4.75. The smallest absolute Gasteiger partial charge is 0.296 e. The molecule has 1 aliphatic heterocycles. The number of aromatic nitrogens is 1. The molecule has 0 fully saturated rings. The molecule has 9 heteroatoms. The summed E-state index contributed by atoms with van der Waals surface area (Å²) in [6.07, 6.45) is 1.37. The van der Waals surface area contributed by atoms with Crippen molar-refractivity contribution >= 4 is 38.4 Å². The van der Waals surface area contributed by atoms with Crippen LogP contribution in [0.4, 0.5) is 5.13 Å². The maximum Gasteiger partial charge on any atom is 0.296 e. The molecular weight excluding hydrogens is 468 g/mol. The molecule has 1 atom stereocenters. The zero-order chi connectivity index (χ0) is 24.5. The van der Waals surface area contributed by atoms with Gasteiger partial charge in [-0.3, -0.25) is 14.5 Å². The lowest BCUT2D eigenvalue weighted by Crippen LogP contribution is -2.31. The van der Waals surface area contributed by atoms with E-state index in [4.69, 9.17) is 13.9 Å². The number of anilines is 1. The van der Waals surface area contributed by atoms with Crippen molar-refractivity contribution in [2.75, 3.05) is 18.1 Å². The van der Waals surface area contributed by atoms with Gasteiger partial charge in [0.15, 0.2) is 16.7 Å². The van der Waals surface area contributed by atoms with Gasteiger partial charge in [-0.05, 0) is 61.9 Å². The Labute approximate surface area is 205 Å². The van der Waals surface area contributed by atoms with E-state index >= 15 is 0 Å². The lowest BCUT2D eigenvalue weighted by atomic mass is 9.95. The lowest BCUT2D eigenvalue weighted by molar-refractivity contribution is -0.117. The van der Waals surface area contributed by atoms with Crippen molar-refractivity contribution in [1.29, 1.82) is 0 Å². The fourth-order valence-corrected chi connectivity index (χ4v) is 5.10. The molecule has 0 aliphatic carbocycles. The van der Waals surface area contributed by atoms with Gasteiger partial charge < -0.3 is 19.0 Å². The second kappa shape index (κ2) is 9.27. The average molecular weight is 491 g/mol. The largest absolute Gasteiger partial charge is 0.503 e. The number of hydrogen-bond acceptors (Lipinski definition) is 8. The Morgan fingerprint density at radius 3 is 2.57 bits per heavy atom. The van der Waals surface area contributed by atoms with E-state index in [0.717, 1.165) is 4.70 Å². The van der Waals surface area contributed by atoms with Gasteiger partial charge in [0.2, 0.25) is 5.78 Å². The SMILES string of the molecule is CCOc1cccc(C2C(C(=O)c3ccco3)=C(O)C(=O)N2c2nc3ccc(OCC)cc3s2)c1. The van der Waals surface area contributed by atoms with Gasteiger partial charge in [0.25, 0.3) is 5.91 Å². The summed E-state index contributed by atoms with van der Waals surface area (Å²) in [6, 6.07) is 14.7. The topological polar surface area (TPSA) is 102 Å². The van der Waals surface area contributed by atoms with Crippen LogP contribution < -0.4 is 14.4 Å². The molecule has 1 aliphatic rings. The number of ether oxygens (including phenoxy) is 2. The average Bonchev–Trinajstić information content (AvgIpc) is 3.58. The number of thiazole rings is 1. The zero-order valence-corrected chi connectivity index (χ0v) is 19.9. The normalized spacial score (nSPS) is 15.8. The predicted octanol–water partition coefficient (Wildman–Crippen LogP) is 5.47. The highest BCUT2D eigenvalue weighted by molar-refractivity contribution is 7.22. The number of carbonyl (C=O) groups excluding carboxylic acids is 2. The third-order valence-electron chi connectivity index (χ3n) is 5.55. The minimum absolute atomic E-state index is 0.0258. The van der Waals surface area contributed by atoms with Gasteiger partial charge in [0.05, 0.1) is 41.3 Å². The Kier molecular flexibility index (Phi) is 6.00. The predicted molar refractivity (Wildman–Crippen MR) is 131 cm³/mol. The Bertz CT molecular complexity index is 1440. The van der Waals surface area contributed by atoms with Crippen molar-refractivity contribution in [3.8, 4) is 11.5 Å². The van der Waals surface area contributed by atoms with Crippen molar-refractivity contribution in [2.24, 2.45) is 0 Å². The third kappa shape index (κ3) is 4.04. The highest BCUT2D eigenvalue weighted by Crippen LogP contribution is 2.45. The lowest BCUT2D eigenvalue weighted by Gasteiger charge is -2.24. The van der Waals surface area contributed by atoms with Crippen LogP contribution in [0.15, 0.2) is 76.6 Å². The molecule has 8 nitrogen and oxygen atoms in total. The second-order valence-electron chi connectivity index (χ2n) is 7.71. The number of Topliss-reactive ketones (excluding diaryl/α,β-unsaturated/α-hetero) is 1. The highest BCUT2D eigenvalue weighted by Gasteiger charge is 2.46. The van der Waals surface area contributed by atoms with Crippen molar-refractivity contribution < 1.29 is 28.6 Å². The van der Waals surface area contributed by atoms with E-state index in [-0.39, 0.29) is 11.3 Å². The number of hydrogen-bond donors (Lipinski definition) is 1. The number of aliphatic hydroxyl groups is 1. The number of rotatable bonds is 8. The van der Waals surface area contributed by atoms with Gasteiger partial charge in [-0.15, -0.1) is 0 Å². The van der Waals surface area contributed by atoms with Gasteiger partial charge in [-0.25, -0.2) is 4.98 Å². The Morgan fingerprint density at radius 2 is 1.86 bits per heavy atom. The number of furan rings is 1. The van der Waals surface area contributed by atoms with Crippen LogP contribution in [-0.4, -0.2) is 35.0 Å². The molecule has 1 unspecified atom stereocenters. The third-order valence-corrected chi connectivity index (χ3v) is 6.57. The van der Waals surface area contributed by atoms with E-state index in [1.165, 1.54) is 28.6 Å². The molecule has 0 saturated heterocycles. The molecule has 5 rings (SSSR count). The van der Waals surface area contributed by atoms with Crippen LogP contribution in [0.1, 0.15) is 36.0 Å². The van der Waals surface area contributed by atoms with Gasteiger partial charge in [0, 0.05) is 0 Å².